The van der Waals surface area contributed by atoms with Gasteiger partial charge in [0.1, 0.15) is 0 Å². The minimum atomic E-state index is -3.61. The van der Waals surface area contributed by atoms with Crippen LogP contribution in [0.3, 0.4) is 0 Å². The number of rotatable bonds is 4. The molecule has 0 saturated heterocycles. The SMILES string of the molecule is CNS(=O)(=O)Nc1ccc(C(=O)O)cc1Br. The highest BCUT2D eigenvalue weighted by Gasteiger charge is 2.11. The van der Waals surface area contributed by atoms with Crippen LogP contribution in [0.1, 0.15) is 10.4 Å². The molecule has 1 aromatic carbocycles. The Morgan fingerprint density at radius 3 is 2.50 bits per heavy atom. The number of nitrogens with one attached hydrogen (secondary N) is 2. The number of anilines is 1. The Morgan fingerprint density at radius 1 is 1.44 bits per heavy atom. The molecule has 8 heteroatoms. The van der Waals surface area contributed by atoms with E-state index in [0.29, 0.717) is 4.47 Å². The smallest absolute Gasteiger partial charge is 0.335 e. The lowest BCUT2D eigenvalue weighted by Gasteiger charge is -2.08. The molecule has 0 unspecified atom stereocenters. The van der Waals surface area contributed by atoms with Crippen LogP contribution in [-0.4, -0.2) is 26.5 Å². The van der Waals surface area contributed by atoms with Gasteiger partial charge in [0.2, 0.25) is 0 Å². The van der Waals surface area contributed by atoms with E-state index in [1.807, 2.05) is 0 Å². The molecule has 0 radical (unpaired) electrons. The molecule has 0 spiro atoms. The lowest BCUT2D eigenvalue weighted by Crippen LogP contribution is -2.26. The van der Waals surface area contributed by atoms with Gasteiger partial charge in [0, 0.05) is 11.5 Å². The van der Waals surface area contributed by atoms with Crippen molar-refractivity contribution in [2.45, 2.75) is 0 Å². The molecule has 0 aliphatic rings. The average Bonchev–Trinajstić information content (AvgIpc) is 2.20. The van der Waals surface area contributed by atoms with Crippen LogP contribution in [0.15, 0.2) is 22.7 Å². The Bertz CT molecular complexity index is 515. The largest absolute Gasteiger partial charge is 0.478 e. The van der Waals surface area contributed by atoms with Gasteiger partial charge in [0.05, 0.1) is 11.3 Å². The van der Waals surface area contributed by atoms with Crippen molar-refractivity contribution in [1.29, 1.82) is 0 Å². The second-order valence-corrected chi connectivity index (χ2v) is 5.28. The summed E-state index contributed by atoms with van der Waals surface area (Å²) in [6, 6.07) is 3.98. The summed E-state index contributed by atoms with van der Waals surface area (Å²) in [4.78, 5) is 10.6. The van der Waals surface area contributed by atoms with Crippen LogP contribution in [0.4, 0.5) is 5.69 Å². The van der Waals surface area contributed by atoms with Crippen molar-refractivity contribution in [3.8, 4) is 0 Å². The molecule has 0 aliphatic carbocycles. The fourth-order valence-corrected chi connectivity index (χ4v) is 2.11. The molecule has 0 saturated carbocycles. The molecule has 0 aromatic heterocycles. The summed E-state index contributed by atoms with van der Waals surface area (Å²) in [6.07, 6.45) is 0. The van der Waals surface area contributed by atoms with Crippen molar-refractivity contribution in [3.05, 3.63) is 28.2 Å². The second-order valence-electron chi connectivity index (χ2n) is 2.81. The normalized spacial score (nSPS) is 11.1. The maximum absolute atomic E-state index is 11.2. The van der Waals surface area contributed by atoms with Crippen molar-refractivity contribution in [2.24, 2.45) is 0 Å². The first-order chi connectivity index (χ1) is 7.35. The Hall–Kier alpha value is -1.12. The zero-order valence-electron chi connectivity index (χ0n) is 8.19. The van der Waals surface area contributed by atoms with Gasteiger partial charge >= 0.3 is 5.97 Å². The molecule has 0 fully saturated rings. The van der Waals surface area contributed by atoms with Gasteiger partial charge in [-0.1, -0.05) is 0 Å². The van der Waals surface area contributed by atoms with Crippen molar-refractivity contribution >= 4 is 37.8 Å². The van der Waals surface area contributed by atoms with Gasteiger partial charge in [-0.3, -0.25) is 4.72 Å². The Morgan fingerprint density at radius 2 is 2.06 bits per heavy atom. The van der Waals surface area contributed by atoms with E-state index in [4.69, 9.17) is 5.11 Å². The second kappa shape index (κ2) is 4.81. The van der Waals surface area contributed by atoms with Gasteiger partial charge in [0.25, 0.3) is 10.2 Å². The molecule has 3 N–H and O–H groups in total. The van der Waals surface area contributed by atoms with E-state index >= 15 is 0 Å². The Labute approximate surface area is 101 Å². The minimum absolute atomic E-state index is 0.0688. The summed E-state index contributed by atoms with van der Waals surface area (Å²) in [7, 11) is -2.34. The topological polar surface area (TPSA) is 95.5 Å². The van der Waals surface area contributed by atoms with Crippen molar-refractivity contribution in [3.63, 3.8) is 0 Å². The number of benzene rings is 1. The summed E-state index contributed by atoms with van der Waals surface area (Å²) < 4.78 is 27.0. The number of hydrogen-bond donors (Lipinski definition) is 3. The zero-order chi connectivity index (χ0) is 12.3. The third-order valence-electron chi connectivity index (χ3n) is 1.73. The highest BCUT2D eigenvalue weighted by Crippen LogP contribution is 2.24. The van der Waals surface area contributed by atoms with Gasteiger partial charge in [-0.2, -0.15) is 8.42 Å². The summed E-state index contributed by atoms with van der Waals surface area (Å²) in [5.41, 5.74) is 0.332. The van der Waals surface area contributed by atoms with E-state index in [1.165, 1.54) is 25.2 Å². The highest BCUT2D eigenvalue weighted by atomic mass is 79.9. The van der Waals surface area contributed by atoms with Crippen LogP contribution in [-0.2, 0) is 10.2 Å². The van der Waals surface area contributed by atoms with E-state index in [2.05, 4.69) is 25.4 Å². The first-order valence-corrected chi connectivity index (χ1v) is 6.37. The van der Waals surface area contributed by atoms with Crippen LogP contribution < -0.4 is 9.44 Å². The monoisotopic (exact) mass is 308 g/mol. The highest BCUT2D eigenvalue weighted by molar-refractivity contribution is 9.10. The predicted molar refractivity (Wildman–Crippen MR) is 62.7 cm³/mol. The van der Waals surface area contributed by atoms with Gasteiger partial charge in [-0.05, 0) is 34.1 Å². The van der Waals surface area contributed by atoms with Gasteiger partial charge in [-0.15, -0.1) is 0 Å². The number of aromatic carboxylic acids is 1. The maximum Gasteiger partial charge on any atom is 0.335 e. The summed E-state index contributed by atoms with van der Waals surface area (Å²) in [5.74, 6) is -1.08. The molecule has 0 heterocycles. The van der Waals surface area contributed by atoms with Crippen LogP contribution in [0, 0.1) is 0 Å². The molecule has 6 nitrogen and oxygen atoms in total. The summed E-state index contributed by atoms with van der Waals surface area (Å²) >= 11 is 3.08. The zero-order valence-corrected chi connectivity index (χ0v) is 10.6. The van der Waals surface area contributed by atoms with Crippen LogP contribution in [0.2, 0.25) is 0 Å². The fourth-order valence-electron chi connectivity index (χ4n) is 0.927. The first kappa shape index (κ1) is 12.9. The Balaban J connectivity index is 3.05. The molecule has 0 amide bonds. The molecular formula is C8H9BrN2O4S. The average molecular weight is 309 g/mol. The lowest BCUT2D eigenvalue weighted by molar-refractivity contribution is 0.0697. The van der Waals surface area contributed by atoms with Gasteiger partial charge < -0.3 is 5.11 Å². The van der Waals surface area contributed by atoms with Gasteiger partial charge in [0.15, 0.2) is 0 Å². The third kappa shape index (κ3) is 3.19. The van der Waals surface area contributed by atoms with E-state index < -0.39 is 16.2 Å². The van der Waals surface area contributed by atoms with Crippen LogP contribution in [0.25, 0.3) is 0 Å². The lowest BCUT2D eigenvalue weighted by atomic mass is 10.2. The standard InChI is InChI=1S/C8H9BrN2O4S/c1-10-16(14,15)11-7-3-2-5(8(12)13)4-6(7)9/h2-4,10-11H,1H3,(H,12,13). The first-order valence-electron chi connectivity index (χ1n) is 4.10. The van der Waals surface area contributed by atoms with Crippen molar-refractivity contribution in [2.75, 3.05) is 11.8 Å². The molecule has 16 heavy (non-hydrogen) atoms. The number of carboxylic acids is 1. The maximum atomic E-state index is 11.2. The molecule has 0 atom stereocenters. The van der Waals surface area contributed by atoms with Crippen molar-refractivity contribution < 1.29 is 18.3 Å². The molecule has 1 rings (SSSR count). The number of halogens is 1. The fraction of sp³-hybridized carbons (Fsp3) is 0.125. The number of carboxylic acid groups (broad SMARTS) is 1. The minimum Gasteiger partial charge on any atom is -0.478 e. The quantitative estimate of drug-likeness (QED) is 0.774. The van der Waals surface area contributed by atoms with E-state index in [0.717, 1.165) is 0 Å². The molecular weight excluding hydrogens is 300 g/mol. The number of carbonyl (C=O) groups is 1. The molecule has 0 bridgehead atoms. The molecule has 1 aromatic rings. The molecule has 88 valence electrons. The predicted octanol–water partition coefficient (Wildman–Crippen LogP) is 1.02. The van der Waals surface area contributed by atoms with Crippen molar-refractivity contribution in [1.82, 2.24) is 4.72 Å². The van der Waals surface area contributed by atoms with Crippen LogP contribution in [0.5, 0.6) is 0 Å². The third-order valence-corrected chi connectivity index (χ3v) is 3.41. The Kier molecular flexibility index (Phi) is 3.89. The summed E-state index contributed by atoms with van der Waals surface area (Å²) in [6.45, 7) is 0. The summed E-state index contributed by atoms with van der Waals surface area (Å²) in [5, 5.41) is 8.71. The van der Waals surface area contributed by atoms with Crippen LogP contribution >= 0.6 is 15.9 Å². The van der Waals surface area contributed by atoms with E-state index in [9.17, 15) is 13.2 Å². The van der Waals surface area contributed by atoms with Gasteiger partial charge in [-0.25, -0.2) is 9.52 Å². The van der Waals surface area contributed by atoms with E-state index in [1.54, 1.807) is 0 Å². The number of hydrogen-bond acceptors (Lipinski definition) is 3. The van der Waals surface area contributed by atoms with E-state index in [-0.39, 0.29) is 11.3 Å². The molecule has 0 aliphatic heterocycles.